The van der Waals surface area contributed by atoms with Crippen molar-refractivity contribution in [3.63, 3.8) is 0 Å². The van der Waals surface area contributed by atoms with Gasteiger partial charge >= 0.3 is 0 Å². The largest absolute Gasteiger partial charge is 0.314 e. The maximum atomic E-state index is 4.47. The lowest BCUT2D eigenvalue weighted by Gasteiger charge is -2.38. The lowest BCUT2D eigenvalue weighted by Crippen LogP contribution is -2.45. The van der Waals surface area contributed by atoms with Gasteiger partial charge in [-0.2, -0.15) is 0 Å². The summed E-state index contributed by atoms with van der Waals surface area (Å²) in [7, 11) is 0. The first-order chi connectivity index (χ1) is 10.2. The van der Waals surface area contributed by atoms with Gasteiger partial charge in [0.25, 0.3) is 0 Å². The van der Waals surface area contributed by atoms with E-state index in [1.807, 2.05) is 12.3 Å². The fourth-order valence-corrected chi connectivity index (χ4v) is 3.59. The van der Waals surface area contributed by atoms with Gasteiger partial charge in [0.1, 0.15) is 0 Å². The molecule has 0 aromatic carbocycles. The Bertz CT molecular complexity index is 393. The first-order valence-electron chi connectivity index (χ1n) is 8.58. The Morgan fingerprint density at radius 2 is 2.14 bits per heavy atom. The Kier molecular flexibility index (Phi) is 6.65. The molecule has 3 heteroatoms. The molecule has 1 N–H and O–H groups in total. The van der Waals surface area contributed by atoms with Crippen LogP contribution in [-0.2, 0) is 6.54 Å². The lowest BCUT2D eigenvalue weighted by atomic mass is 9.78. The van der Waals surface area contributed by atoms with Gasteiger partial charge < -0.3 is 5.32 Å². The molecule has 1 saturated carbocycles. The lowest BCUT2D eigenvalue weighted by molar-refractivity contribution is 0.144. The van der Waals surface area contributed by atoms with Crippen LogP contribution in [0, 0.1) is 11.8 Å². The van der Waals surface area contributed by atoms with Crippen molar-refractivity contribution >= 4 is 0 Å². The van der Waals surface area contributed by atoms with E-state index in [4.69, 9.17) is 0 Å². The molecule has 1 aliphatic rings. The molecule has 0 saturated heterocycles. The normalized spacial score (nSPS) is 26.2. The van der Waals surface area contributed by atoms with Crippen molar-refractivity contribution in [2.45, 2.75) is 52.6 Å². The second kappa shape index (κ2) is 8.50. The second-order valence-corrected chi connectivity index (χ2v) is 6.49. The molecular weight excluding hydrogens is 258 g/mol. The molecule has 1 aromatic rings. The van der Waals surface area contributed by atoms with Gasteiger partial charge in [0.2, 0.25) is 0 Å². The zero-order chi connectivity index (χ0) is 15.1. The van der Waals surface area contributed by atoms with Crippen molar-refractivity contribution in [3.05, 3.63) is 30.1 Å². The molecule has 3 unspecified atom stereocenters. The van der Waals surface area contributed by atoms with Crippen LogP contribution in [0.25, 0.3) is 0 Å². The molecule has 1 aromatic heterocycles. The van der Waals surface area contributed by atoms with Gasteiger partial charge in [-0.25, -0.2) is 0 Å². The van der Waals surface area contributed by atoms with E-state index in [1.165, 1.54) is 31.5 Å². The van der Waals surface area contributed by atoms with Crippen LogP contribution in [0.4, 0.5) is 0 Å². The monoisotopic (exact) mass is 289 g/mol. The van der Waals surface area contributed by atoms with E-state index < -0.39 is 0 Å². The van der Waals surface area contributed by atoms with Gasteiger partial charge in [-0.05, 0) is 56.3 Å². The van der Waals surface area contributed by atoms with Gasteiger partial charge in [-0.3, -0.25) is 9.88 Å². The van der Waals surface area contributed by atoms with Crippen LogP contribution in [0.3, 0.4) is 0 Å². The molecular formula is C18H31N3. The standard InChI is InChI=1S/C18H31N3/c1-4-19-18-10-9-15(3)12-16(18)13-21(5-2)14-17-8-6-7-11-20-17/h6-8,11,15-16,18-19H,4-5,9-10,12-14H2,1-3H3. The minimum atomic E-state index is 0.698. The summed E-state index contributed by atoms with van der Waals surface area (Å²) in [5, 5.41) is 3.71. The Hall–Kier alpha value is -0.930. The summed E-state index contributed by atoms with van der Waals surface area (Å²) in [5.74, 6) is 1.65. The maximum Gasteiger partial charge on any atom is 0.0543 e. The third kappa shape index (κ3) is 5.08. The van der Waals surface area contributed by atoms with E-state index in [0.717, 1.165) is 31.5 Å². The topological polar surface area (TPSA) is 28.2 Å². The van der Waals surface area contributed by atoms with Crippen molar-refractivity contribution < 1.29 is 0 Å². The summed E-state index contributed by atoms with van der Waals surface area (Å²) >= 11 is 0. The smallest absolute Gasteiger partial charge is 0.0543 e. The quantitative estimate of drug-likeness (QED) is 0.834. The number of nitrogens with zero attached hydrogens (tertiary/aromatic N) is 2. The number of nitrogens with one attached hydrogen (secondary N) is 1. The average molecular weight is 289 g/mol. The first-order valence-corrected chi connectivity index (χ1v) is 8.58. The molecule has 2 rings (SSSR count). The second-order valence-electron chi connectivity index (χ2n) is 6.49. The third-order valence-corrected chi connectivity index (χ3v) is 4.76. The molecule has 1 heterocycles. The number of rotatable bonds is 7. The van der Waals surface area contributed by atoms with Crippen molar-refractivity contribution in [2.75, 3.05) is 19.6 Å². The minimum absolute atomic E-state index is 0.698. The van der Waals surface area contributed by atoms with Crippen LogP contribution in [0.15, 0.2) is 24.4 Å². The van der Waals surface area contributed by atoms with E-state index in [0.29, 0.717) is 6.04 Å². The number of hydrogen-bond donors (Lipinski definition) is 1. The summed E-state index contributed by atoms with van der Waals surface area (Å²) in [4.78, 5) is 7.02. The highest BCUT2D eigenvalue weighted by Gasteiger charge is 2.29. The van der Waals surface area contributed by atoms with Crippen molar-refractivity contribution in [3.8, 4) is 0 Å². The van der Waals surface area contributed by atoms with Crippen LogP contribution in [0.5, 0.6) is 0 Å². The predicted octanol–water partition coefficient (Wildman–Crippen LogP) is 3.32. The van der Waals surface area contributed by atoms with Crippen LogP contribution < -0.4 is 5.32 Å². The molecule has 21 heavy (non-hydrogen) atoms. The Labute approximate surface area is 130 Å². The van der Waals surface area contributed by atoms with Crippen molar-refractivity contribution in [2.24, 2.45) is 11.8 Å². The van der Waals surface area contributed by atoms with Crippen LogP contribution in [-0.4, -0.2) is 35.6 Å². The van der Waals surface area contributed by atoms with Crippen LogP contribution >= 0.6 is 0 Å². The molecule has 0 aliphatic heterocycles. The molecule has 1 aliphatic carbocycles. The molecule has 118 valence electrons. The summed E-state index contributed by atoms with van der Waals surface area (Å²) in [5.41, 5.74) is 1.18. The molecule has 0 radical (unpaired) electrons. The molecule has 0 bridgehead atoms. The molecule has 0 spiro atoms. The van der Waals surface area contributed by atoms with Crippen molar-refractivity contribution in [1.82, 2.24) is 15.2 Å². The summed E-state index contributed by atoms with van der Waals surface area (Å²) < 4.78 is 0. The Balaban J connectivity index is 1.94. The summed E-state index contributed by atoms with van der Waals surface area (Å²) in [6.45, 7) is 11.2. The highest BCUT2D eigenvalue weighted by Crippen LogP contribution is 2.30. The maximum absolute atomic E-state index is 4.47. The average Bonchev–Trinajstić information content (AvgIpc) is 2.50. The highest BCUT2D eigenvalue weighted by atomic mass is 15.1. The molecule has 3 atom stereocenters. The Morgan fingerprint density at radius 3 is 2.81 bits per heavy atom. The van der Waals surface area contributed by atoms with Gasteiger partial charge in [0.05, 0.1) is 5.69 Å². The van der Waals surface area contributed by atoms with E-state index >= 15 is 0 Å². The van der Waals surface area contributed by atoms with Gasteiger partial charge in [0, 0.05) is 25.3 Å². The minimum Gasteiger partial charge on any atom is -0.314 e. The SMILES string of the molecule is CCNC1CCC(C)CC1CN(CC)Cc1ccccn1. The predicted molar refractivity (Wildman–Crippen MR) is 89.2 cm³/mol. The van der Waals surface area contributed by atoms with E-state index in [1.54, 1.807) is 0 Å². The van der Waals surface area contributed by atoms with Gasteiger partial charge in [-0.1, -0.05) is 26.8 Å². The van der Waals surface area contributed by atoms with E-state index in [-0.39, 0.29) is 0 Å². The van der Waals surface area contributed by atoms with E-state index in [9.17, 15) is 0 Å². The molecule has 0 amide bonds. The zero-order valence-corrected chi connectivity index (χ0v) is 13.9. The summed E-state index contributed by atoms with van der Waals surface area (Å²) in [6, 6.07) is 6.90. The molecule has 3 nitrogen and oxygen atoms in total. The third-order valence-electron chi connectivity index (χ3n) is 4.76. The fraction of sp³-hybridized carbons (Fsp3) is 0.722. The number of pyridine rings is 1. The highest BCUT2D eigenvalue weighted by molar-refractivity contribution is 5.03. The molecule has 1 fully saturated rings. The van der Waals surface area contributed by atoms with E-state index in [2.05, 4.69) is 48.1 Å². The zero-order valence-electron chi connectivity index (χ0n) is 13.9. The first kappa shape index (κ1) is 16.4. The van der Waals surface area contributed by atoms with Crippen LogP contribution in [0.2, 0.25) is 0 Å². The van der Waals surface area contributed by atoms with Gasteiger partial charge in [0.15, 0.2) is 0 Å². The summed E-state index contributed by atoms with van der Waals surface area (Å²) in [6.07, 6.45) is 5.96. The van der Waals surface area contributed by atoms with Crippen molar-refractivity contribution in [1.29, 1.82) is 0 Å². The Morgan fingerprint density at radius 1 is 1.29 bits per heavy atom. The fourth-order valence-electron chi connectivity index (χ4n) is 3.59. The van der Waals surface area contributed by atoms with Gasteiger partial charge in [-0.15, -0.1) is 0 Å². The van der Waals surface area contributed by atoms with Crippen LogP contribution in [0.1, 0.15) is 45.7 Å². The number of hydrogen-bond acceptors (Lipinski definition) is 3. The number of aromatic nitrogens is 1.